The van der Waals surface area contributed by atoms with E-state index in [2.05, 4.69) is 9.82 Å². The van der Waals surface area contributed by atoms with E-state index in [1.165, 1.54) is 37.3 Å². The van der Waals surface area contributed by atoms with Crippen LogP contribution < -0.4 is 4.72 Å². The first-order valence-corrected chi connectivity index (χ1v) is 13.3. The highest BCUT2D eigenvalue weighted by Gasteiger charge is 2.38. The molecule has 1 aliphatic heterocycles. The molecule has 3 aromatic carbocycles. The fourth-order valence-electron chi connectivity index (χ4n) is 3.58. The fraction of sp³-hybridized carbons (Fsp3) is 0.174. The van der Waals surface area contributed by atoms with Gasteiger partial charge < -0.3 is 0 Å². The molecule has 0 spiro atoms. The number of rotatable bonds is 7. The number of benzene rings is 3. The van der Waals surface area contributed by atoms with Gasteiger partial charge in [-0.2, -0.15) is 17.9 Å². The topological polar surface area (TPSA) is 95.9 Å². The zero-order valence-corrected chi connectivity index (χ0v) is 19.4. The van der Waals surface area contributed by atoms with Crippen molar-refractivity contribution in [1.29, 1.82) is 0 Å². The van der Waals surface area contributed by atoms with Gasteiger partial charge >= 0.3 is 0 Å². The van der Waals surface area contributed by atoms with Gasteiger partial charge in [-0.15, -0.1) is 0 Å². The van der Waals surface area contributed by atoms with Gasteiger partial charge in [-0.3, -0.25) is 4.72 Å². The number of nitrogens with one attached hydrogen (secondary N) is 1. The van der Waals surface area contributed by atoms with Crippen LogP contribution in [0.4, 0.5) is 10.1 Å². The zero-order chi connectivity index (χ0) is 23.6. The van der Waals surface area contributed by atoms with Crippen LogP contribution in [0.1, 0.15) is 30.5 Å². The molecule has 10 heteroatoms. The summed E-state index contributed by atoms with van der Waals surface area (Å²) < 4.78 is 68.8. The highest BCUT2D eigenvalue weighted by atomic mass is 32.2. The Balaban J connectivity index is 1.78. The molecule has 1 N–H and O–H groups in total. The van der Waals surface area contributed by atoms with Crippen molar-refractivity contribution in [1.82, 2.24) is 4.41 Å². The lowest BCUT2D eigenvalue weighted by Gasteiger charge is -2.23. The standard InChI is InChI=1S/C23H22FN3O4S2/c1-2-32(28,29)26-18-10-8-9-17(15-18)22-16-23(20-13-6-7-14-21(20)24)27(25-22)33(30,31)19-11-4-3-5-12-19/h3-15,23,26H,2,16H2,1H3/t23-/m0/s1. The van der Waals surface area contributed by atoms with Gasteiger partial charge in [0.05, 0.1) is 22.4 Å². The quantitative estimate of drug-likeness (QED) is 0.542. The first kappa shape index (κ1) is 22.9. The monoisotopic (exact) mass is 487 g/mol. The van der Waals surface area contributed by atoms with Crippen molar-refractivity contribution in [3.8, 4) is 0 Å². The number of hydrogen-bond acceptors (Lipinski definition) is 5. The molecular weight excluding hydrogens is 465 g/mol. The van der Waals surface area contributed by atoms with E-state index in [9.17, 15) is 21.2 Å². The van der Waals surface area contributed by atoms with Gasteiger partial charge in [-0.1, -0.05) is 48.5 Å². The van der Waals surface area contributed by atoms with Crippen LogP contribution in [0.15, 0.2) is 88.9 Å². The van der Waals surface area contributed by atoms with Crippen LogP contribution in [0.3, 0.4) is 0 Å². The van der Waals surface area contributed by atoms with E-state index in [-0.39, 0.29) is 22.6 Å². The molecule has 172 valence electrons. The third-order valence-corrected chi connectivity index (χ3v) is 8.28. The van der Waals surface area contributed by atoms with Crippen LogP contribution in [-0.2, 0) is 20.0 Å². The Morgan fingerprint density at radius 3 is 2.36 bits per heavy atom. The summed E-state index contributed by atoms with van der Waals surface area (Å²) in [4.78, 5) is 0.0424. The van der Waals surface area contributed by atoms with Crippen LogP contribution in [-0.4, -0.2) is 32.7 Å². The summed E-state index contributed by atoms with van der Waals surface area (Å²) in [6.45, 7) is 1.53. The second-order valence-electron chi connectivity index (χ2n) is 7.47. The maximum absolute atomic E-state index is 14.7. The second kappa shape index (κ2) is 8.95. The van der Waals surface area contributed by atoms with Gasteiger partial charge in [0.2, 0.25) is 10.0 Å². The van der Waals surface area contributed by atoms with Crippen molar-refractivity contribution >= 4 is 31.4 Å². The molecule has 4 rings (SSSR count). The van der Waals surface area contributed by atoms with E-state index in [0.717, 1.165) is 4.41 Å². The first-order valence-electron chi connectivity index (χ1n) is 10.2. The van der Waals surface area contributed by atoms with Crippen molar-refractivity contribution < 1.29 is 21.2 Å². The van der Waals surface area contributed by atoms with E-state index >= 15 is 0 Å². The van der Waals surface area contributed by atoms with E-state index in [0.29, 0.717) is 17.0 Å². The third kappa shape index (κ3) is 4.76. The molecule has 0 fully saturated rings. The Bertz CT molecular complexity index is 1410. The Morgan fingerprint density at radius 2 is 1.67 bits per heavy atom. The van der Waals surface area contributed by atoms with Crippen LogP contribution in [0, 0.1) is 5.82 Å². The van der Waals surface area contributed by atoms with Gasteiger partial charge in [0.25, 0.3) is 10.0 Å². The van der Waals surface area contributed by atoms with E-state index in [4.69, 9.17) is 0 Å². The predicted molar refractivity (Wildman–Crippen MR) is 125 cm³/mol. The highest BCUT2D eigenvalue weighted by Crippen LogP contribution is 2.38. The number of nitrogens with zero attached hydrogens (tertiary/aromatic N) is 2. The van der Waals surface area contributed by atoms with Crippen molar-refractivity contribution in [3.05, 3.63) is 95.8 Å². The number of hydrogen-bond donors (Lipinski definition) is 1. The van der Waals surface area contributed by atoms with Crippen LogP contribution in [0.25, 0.3) is 0 Å². The Labute approximate surface area is 192 Å². The molecule has 33 heavy (non-hydrogen) atoms. The lowest BCUT2D eigenvalue weighted by Crippen LogP contribution is -2.27. The number of halogens is 1. The normalized spacial score (nSPS) is 16.5. The molecular formula is C23H22FN3O4S2. The van der Waals surface area contributed by atoms with Crippen molar-refractivity contribution in [2.45, 2.75) is 24.3 Å². The Morgan fingerprint density at radius 1 is 0.970 bits per heavy atom. The van der Waals surface area contributed by atoms with Crippen LogP contribution >= 0.6 is 0 Å². The minimum Gasteiger partial charge on any atom is -0.284 e. The summed E-state index contributed by atoms with van der Waals surface area (Å²) in [6, 6.07) is 19.5. The largest absolute Gasteiger partial charge is 0.284 e. The first-order chi connectivity index (χ1) is 15.7. The minimum absolute atomic E-state index is 0.0424. The molecule has 0 saturated heterocycles. The smallest absolute Gasteiger partial charge is 0.279 e. The number of hydrazone groups is 1. The van der Waals surface area contributed by atoms with Gasteiger partial charge in [0, 0.05) is 17.7 Å². The zero-order valence-electron chi connectivity index (χ0n) is 17.7. The maximum Gasteiger partial charge on any atom is 0.279 e. The van der Waals surface area contributed by atoms with Gasteiger partial charge in [-0.25, -0.2) is 12.8 Å². The lowest BCUT2D eigenvalue weighted by molar-refractivity contribution is 0.362. The Kier molecular flexibility index (Phi) is 6.22. The summed E-state index contributed by atoms with van der Waals surface area (Å²) >= 11 is 0. The maximum atomic E-state index is 14.7. The molecule has 0 saturated carbocycles. The fourth-order valence-corrected chi connectivity index (χ4v) is 5.65. The molecule has 0 aliphatic carbocycles. The molecule has 0 amide bonds. The molecule has 0 aromatic heterocycles. The highest BCUT2D eigenvalue weighted by molar-refractivity contribution is 7.92. The molecule has 0 bridgehead atoms. The molecule has 1 aliphatic rings. The van der Waals surface area contributed by atoms with Gasteiger partial charge in [0.1, 0.15) is 5.82 Å². The van der Waals surface area contributed by atoms with Crippen LogP contribution in [0.5, 0.6) is 0 Å². The SMILES string of the molecule is CCS(=O)(=O)Nc1cccc(C2=NN(S(=O)(=O)c3ccccc3)[C@H](c3ccccc3F)C2)c1. The van der Waals surface area contributed by atoms with Gasteiger partial charge in [0.15, 0.2) is 0 Å². The number of sulfonamides is 2. The summed E-state index contributed by atoms with van der Waals surface area (Å²) in [5, 5.41) is 4.38. The number of anilines is 1. The molecule has 0 radical (unpaired) electrons. The third-order valence-electron chi connectivity index (χ3n) is 5.27. The van der Waals surface area contributed by atoms with Crippen molar-refractivity contribution in [2.75, 3.05) is 10.5 Å². The summed E-state index contributed by atoms with van der Waals surface area (Å²) in [5.74, 6) is -0.618. The lowest BCUT2D eigenvalue weighted by atomic mass is 9.98. The predicted octanol–water partition coefficient (Wildman–Crippen LogP) is 4.13. The molecule has 0 unspecified atom stereocenters. The molecule has 1 heterocycles. The van der Waals surface area contributed by atoms with E-state index < -0.39 is 31.9 Å². The van der Waals surface area contributed by atoms with Crippen LogP contribution in [0.2, 0.25) is 0 Å². The van der Waals surface area contributed by atoms with Gasteiger partial charge in [-0.05, 0) is 42.8 Å². The molecule has 7 nitrogen and oxygen atoms in total. The van der Waals surface area contributed by atoms with E-state index in [1.807, 2.05) is 0 Å². The second-order valence-corrected chi connectivity index (χ2v) is 11.3. The van der Waals surface area contributed by atoms with Crippen molar-refractivity contribution in [2.24, 2.45) is 5.10 Å². The molecule has 1 atom stereocenters. The van der Waals surface area contributed by atoms with Crippen molar-refractivity contribution in [3.63, 3.8) is 0 Å². The average Bonchev–Trinajstić information content (AvgIpc) is 3.26. The summed E-state index contributed by atoms with van der Waals surface area (Å²) in [7, 11) is -7.56. The average molecular weight is 488 g/mol. The summed E-state index contributed by atoms with van der Waals surface area (Å²) in [6.07, 6.45) is 0.122. The molecule has 3 aromatic rings. The van der Waals surface area contributed by atoms with E-state index in [1.54, 1.807) is 48.5 Å². The minimum atomic E-state index is -4.07. The Hall–Kier alpha value is -3.24. The summed E-state index contributed by atoms with van der Waals surface area (Å²) in [5.41, 5.74) is 1.49.